The van der Waals surface area contributed by atoms with Crippen LogP contribution >= 0.6 is 11.6 Å². The van der Waals surface area contributed by atoms with Crippen molar-refractivity contribution in [1.82, 2.24) is 0 Å². The smallest absolute Gasteiger partial charge is 0.327 e. The Morgan fingerprint density at radius 1 is 1.12 bits per heavy atom. The fourth-order valence-corrected chi connectivity index (χ4v) is 3.98. The Hall–Kier alpha value is -2.05. The summed E-state index contributed by atoms with van der Waals surface area (Å²) in [6.07, 6.45) is 0. The second-order valence-electron chi connectivity index (χ2n) is 5.56. The first kappa shape index (κ1) is 18.3. The predicted molar refractivity (Wildman–Crippen MR) is 94.1 cm³/mol. The number of hydrogen-bond donors (Lipinski definition) is 1. The molecule has 0 aliphatic rings. The van der Waals surface area contributed by atoms with Crippen molar-refractivity contribution in [3.05, 3.63) is 58.6 Å². The molecule has 0 aliphatic carbocycles. The lowest BCUT2D eigenvalue weighted by atomic mass is 10.2. The lowest BCUT2D eigenvalue weighted by Crippen LogP contribution is -2.43. The third-order valence-corrected chi connectivity index (χ3v) is 6.02. The summed E-state index contributed by atoms with van der Waals surface area (Å²) in [4.78, 5) is 11.5. The largest absolute Gasteiger partial charge is 0.480 e. The van der Waals surface area contributed by atoms with Crippen molar-refractivity contribution in [3.63, 3.8) is 0 Å². The van der Waals surface area contributed by atoms with Crippen molar-refractivity contribution in [2.45, 2.75) is 31.7 Å². The summed E-state index contributed by atoms with van der Waals surface area (Å²) in [7, 11) is -4.04. The van der Waals surface area contributed by atoms with Crippen LogP contribution in [0.2, 0.25) is 5.02 Å². The van der Waals surface area contributed by atoms with Crippen molar-refractivity contribution in [2.75, 3.05) is 4.31 Å². The number of rotatable bonds is 5. The molecular weight excluding hydrogens is 350 g/mol. The molecule has 5 nitrogen and oxygen atoms in total. The summed E-state index contributed by atoms with van der Waals surface area (Å²) < 4.78 is 26.9. The van der Waals surface area contributed by atoms with Crippen LogP contribution in [-0.2, 0) is 14.8 Å². The number of aryl methyl sites for hydroxylation is 2. The van der Waals surface area contributed by atoms with E-state index in [4.69, 9.17) is 11.6 Å². The molecule has 0 fully saturated rings. The van der Waals surface area contributed by atoms with E-state index in [1.165, 1.54) is 25.1 Å². The first-order chi connectivity index (χ1) is 11.1. The van der Waals surface area contributed by atoms with E-state index in [2.05, 4.69) is 0 Å². The lowest BCUT2D eigenvalue weighted by Gasteiger charge is -2.28. The zero-order chi connectivity index (χ0) is 18.1. The number of carbonyl (C=O) groups is 1. The number of nitrogens with zero attached hydrogens (tertiary/aromatic N) is 1. The van der Waals surface area contributed by atoms with Gasteiger partial charge >= 0.3 is 5.97 Å². The highest BCUT2D eigenvalue weighted by Gasteiger charge is 2.33. The minimum absolute atomic E-state index is 0.0359. The molecule has 0 spiro atoms. The maximum atomic E-state index is 13.0. The summed E-state index contributed by atoms with van der Waals surface area (Å²) in [5, 5.41) is 9.84. The fraction of sp³-hybridized carbons (Fsp3) is 0.235. The molecule has 2 aromatic rings. The van der Waals surface area contributed by atoms with Crippen molar-refractivity contribution in [1.29, 1.82) is 0 Å². The van der Waals surface area contributed by atoms with Crippen LogP contribution in [0.15, 0.2) is 47.4 Å². The molecule has 7 heteroatoms. The van der Waals surface area contributed by atoms with E-state index in [1.54, 1.807) is 31.2 Å². The Kier molecular flexibility index (Phi) is 5.20. The number of halogens is 1. The van der Waals surface area contributed by atoms with Gasteiger partial charge in [-0.2, -0.15) is 0 Å². The van der Waals surface area contributed by atoms with Crippen LogP contribution in [0.3, 0.4) is 0 Å². The quantitative estimate of drug-likeness (QED) is 0.875. The molecule has 0 radical (unpaired) electrons. The van der Waals surface area contributed by atoms with Crippen molar-refractivity contribution >= 4 is 33.3 Å². The number of anilines is 1. The van der Waals surface area contributed by atoms with Crippen LogP contribution in [0.5, 0.6) is 0 Å². The van der Waals surface area contributed by atoms with Gasteiger partial charge in [0.15, 0.2) is 0 Å². The van der Waals surface area contributed by atoms with Gasteiger partial charge in [0.25, 0.3) is 10.0 Å². The van der Waals surface area contributed by atoms with Crippen LogP contribution < -0.4 is 4.31 Å². The highest BCUT2D eigenvalue weighted by molar-refractivity contribution is 7.92. The normalized spacial score (nSPS) is 12.7. The Morgan fingerprint density at radius 3 is 2.21 bits per heavy atom. The maximum absolute atomic E-state index is 13.0. The first-order valence-corrected chi connectivity index (χ1v) is 9.06. The van der Waals surface area contributed by atoms with Gasteiger partial charge in [-0.05, 0) is 56.7 Å². The monoisotopic (exact) mass is 367 g/mol. The Morgan fingerprint density at radius 2 is 1.71 bits per heavy atom. The number of benzene rings is 2. The minimum atomic E-state index is -4.04. The van der Waals surface area contributed by atoms with Crippen LogP contribution in [0.25, 0.3) is 0 Å². The predicted octanol–water partition coefficient (Wildman–Crippen LogP) is 3.63. The number of aliphatic carboxylic acids is 1. The van der Waals surface area contributed by atoms with Crippen LogP contribution in [-0.4, -0.2) is 25.5 Å². The van der Waals surface area contributed by atoms with Gasteiger partial charge < -0.3 is 5.11 Å². The van der Waals surface area contributed by atoms with Crippen molar-refractivity contribution in [2.24, 2.45) is 0 Å². The van der Waals surface area contributed by atoms with Gasteiger partial charge in [0, 0.05) is 5.02 Å². The number of sulfonamides is 1. The first-order valence-electron chi connectivity index (χ1n) is 7.24. The van der Waals surface area contributed by atoms with E-state index in [9.17, 15) is 18.3 Å². The second kappa shape index (κ2) is 6.83. The van der Waals surface area contributed by atoms with Crippen molar-refractivity contribution < 1.29 is 18.3 Å². The SMILES string of the molecule is Cc1ccc(S(=O)(=O)N(c2ccc(Cl)c(C)c2)C(C)C(=O)O)cc1. The number of hydrogen-bond acceptors (Lipinski definition) is 3. The Bertz CT molecular complexity index is 863. The molecule has 1 N–H and O–H groups in total. The minimum Gasteiger partial charge on any atom is -0.480 e. The van der Waals surface area contributed by atoms with Crippen LogP contribution in [0.4, 0.5) is 5.69 Å². The highest BCUT2D eigenvalue weighted by Crippen LogP contribution is 2.29. The number of carboxylic acid groups (broad SMARTS) is 1. The molecule has 128 valence electrons. The van der Waals surface area contributed by atoms with E-state index in [-0.39, 0.29) is 10.6 Å². The van der Waals surface area contributed by atoms with E-state index in [0.29, 0.717) is 10.6 Å². The van der Waals surface area contributed by atoms with Gasteiger partial charge in [-0.25, -0.2) is 13.2 Å². The van der Waals surface area contributed by atoms with Crippen LogP contribution in [0, 0.1) is 13.8 Å². The molecule has 0 heterocycles. The molecular formula is C17H18ClNO4S. The van der Waals surface area contributed by atoms with Gasteiger partial charge in [-0.1, -0.05) is 29.3 Å². The van der Waals surface area contributed by atoms with Crippen molar-refractivity contribution in [3.8, 4) is 0 Å². The molecule has 1 atom stereocenters. The molecule has 1 unspecified atom stereocenters. The van der Waals surface area contributed by atoms with Gasteiger partial charge in [0.1, 0.15) is 6.04 Å². The van der Waals surface area contributed by atoms with Gasteiger partial charge in [-0.3, -0.25) is 4.31 Å². The summed E-state index contributed by atoms with van der Waals surface area (Å²) in [6.45, 7) is 4.91. The molecule has 0 aromatic heterocycles. The van der Waals surface area contributed by atoms with E-state index in [1.807, 2.05) is 6.92 Å². The maximum Gasteiger partial charge on any atom is 0.327 e. The molecule has 2 aromatic carbocycles. The fourth-order valence-electron chi connectivity index (χ4n) is 2.26. The topological polar surface area (TPSA) is 74.7 Å². The molecule has 2 rings (SSSR count). The molecule has 0 aliphatic heterocycles. The third kappa shape index (κ3) is 3.55. The molecule has 0 bridgehead atoms. The zero-order valence-corrected chi connectivity index (χ0v) is 15.1. The van der Waals surface area contributed by atoms with E-state index < -0.39 is 22.0 Å². The average molecular weight is 368 g/mol. The molecule has 24 heavy (non-hydrogen) atoms. The summed E-state index contributed by atoms with van der Waals surface area (Å²) in [6, 6.07) is 9.63. The van der Waals surface area contributed by atoms with Gasteiger partial charge in [0.05, 0.1) is 10.6 Å². The molecule has 0 saturated carbocycles. The highest BCUT2D eigenvalue weighted by atomic mass is 35.5. The van der Waals surface area contributed by atoms with Gasteiger partial charge in [-0.15, -0.1) is 0 Å². The molecule has 0 saturated heterocycles. The lowest BCUT2D eigenvalue weighted by molar-refractivity contribution is -0.137. The number of carboxylic acids is 1. The Labute approximate surface area is 146 Å². The van der Waals surface area contributed by atoms with E-state index in [0.717, 1.165) is 9.87 Å². The standard InChI is InChI=1S/C17H18ClNO4S/c1-11-4-7-15(8-5-11)24(22,23)19(13(3)17(20)21)14-6-9-16(18)12(2)10-14/h4-10,13H,1-3H3,(H,20,21). The average Bonchev–Trinajstić information content (AvgIpc) is 2.51. The zero-order valence-electron chi connectivity index (χ0n) is 13.5. The second-order valence-corrected chi connectivity index (χ2v) is 7.78. The molecule has 0 amide bonds. The van der Waals surface area contributed by atoms with E-state index >= 15 is 0 Å². The summed E-state index contributed by atoms with van der Waals surface area (Å²) >= 11 is 5.99. The Balaban J connectivity index is 2.63. The van der Waals surface area contributed by atoms with Crippen LogP contribution in [0.1, 0.15) is 18.1 Å². The summed E-state index contributed by atoms with van der Waals surface area (Å²) in [5.41, 5.74) is 1.83. The van der Waals surface area contributed by atoms with Gasteiger partial charge in [0.2, 0.25) is 0 Å². The third-order valence-electron chi connectivity index (χ3n) is 3.68. The summed E-state index contributed by atoms with van der Waals surface area (Å²) in [5.74, 6) is -1.24.